The van der Waals surface area contributed by atoms with Crippen LogP contribution in [0.15, 0.2) is 29.6 Å². The summed E-state index contributed by atoms with van der Waals surface area (Å²) in [5.41, 5.74) is 2.88. The van der Waals surface area contributed by atoms with Gasteiger partial charge in [-0.15, -0.1) is 11.3 Å². The molecule has 1 aromatic carbocycles. The highest BCUT2D eigenvalue weighted by Crippen LogP contribution is 2.29. The Balaban J connectivity index is 2.41. The van der Waals surface area contributed by atoms with Crippen LogP contribution in [0.25, 0.3) is 0 Å². The summed E-state index contributed by atoms with van der Waals surface area (Å²) in [5, 5.41) is 12.9. The van der Waals surface area contributed by atoms with Crippen LogP contribution < -0.4 is 0 Å². The zero-order valence-corrected chi connectivity index (χ0v) is 10.8. The van der Waals surface area contributed by atoms with Gasteiger partial charge >= 0.3 is 0 Å². The van der Waals surface area contributed by atoms with Crippen molar-refractivity contribution in [3.8, 4) is 0 Å². The maximum Gasteiger partial charge on any atom is 0.105 e. The van der Waals surface area contributed by atoms with E-state index in [0.29, 0.717) is 5.02 Å². The molecule has 0 saturated carbocycles. The van der Waals surface area contributed by atoms with Gasteiger partial charge in [-0.05, 0) is 54.1 Å². The topological polar surface area (TPSA) is 20.2 Å². The van der Waals surface area contributed by atoms with Gasteiger partial charge < -0.3 is 5.11 Å². The van der Waals surface area contributed by atoms with E-state index in [4.69, 9.17) is 11.6 Å². The van der Waals surface area contributed by atoms with Crippen molar-refractivity contribution < 1.29 is 5.11 Å². The number of aryl methyl sites for hydroxylation is 2. The lowest BCUT2D eigenvalue weighted by molar-refractivity contribution is 0.220. The fourth-order valence-corrected chi connectivity index (χ4v) is 2.81. The average molecular weight is 253 g/mol. The van der Waals surface area contributed by atoms with Gasteiger partial charge in [0.2, 0.25) is 0 Å². The molecule has 1 heterocycles. The molecule has 0 bridgehead atoms. The van der Waals surface area contributed by atoms with E-state index in [0.717, 1.165) is 21.6 Å². The van der Waals surface area contributed by atoms with Crippen LogP contribution in [-0.4, -0.2) is 5.11 Å². The van der Waals surface area contributed by atoms with Crippen molar-refractivity contribution in [2.75, 3.05) is 0 Å². The lowest BCUT2D eigenvalue weighted by Crippen LogP contribution is -2.00. The Bertz CT molecular complexity index is 484. The SMILES string of the molecule is Cc1cc(Cl)cc(C(O)c2ccsc2C)c1. The highest BCUT2D eigenvalue weighted by Gasteiger charge is 2.14. The van der Waals surface area contributed by atoms with Crippen LogP contribution in [0.5, 0.6) is 0 Å². The Morgan fingerprint density at radius 3 is 2.56 bits per heavy atom. The number of aliphatic hydroxyl groups excluding tert-OH is 1. The summed E-state index contributed by atoms with van der Waals surface area (Å²) in [7, 11) is 0. The van der Waals surface area contributed by atoms with Crippen molar-refractivity contribution in [1.82, 2.24) is 0 Å². The molecule has 0 amide bonds. The minimum absolute atomic E-state index is 0.580. The third kappa shape index (κ3) is 2.29. The molecule has 1 unspecified atom stereocenters. The number of aliphatic hydroxyl groups is 1. The summed E-state index contributed by atoms with van der Waals surface area (Å²) in [6, 6.07) is 7.63. The van der Waals surface area contributed by atoms with E-state index in [-0.39, 0.29) is 0 Å². The predicted octanol–water partition coefficient (Wildman–Crippen LogP) is 4.10. The highest BCUT2D eigenvalue weighted by molar-refractivity contribution is 7.10. The first-order valence-electron chi connectivity index (χ1n) is 5.07. The molecule has 16 heavy (non-hydrogen) atoms. The molecule has 1 N–H and O–H groups in total. The smallest absolute Gasteiger partial charge is 0.105 e. The van der Waals surface area contributed by atoms with Gasteiger partial charge in [-0.2, -0.15) is 0 Å². The first kappa shape index (κ1) is 11.6. The van der Waals surface area contributed by atoms with E-state index in [2.05, 4.69) is 0 Å². The number of benzene rings is 1. The van der Waals surface area contributed by atoms with Crippen LogP contribution >= 0.6 is 22.9 Å². The van der Waals surface area contributed by atoms with Crippen molar-refractivity contribution in [3.63, 3.8) is 0 Å². The molecule has 0 saturated heterocycles. The largest absolute Gasteiger partial charge is 0.384 e. The number of halogens is 1. The maximum absolute atomic E-state index is 10.3. The molecular formula is C13H13ClOS. The minimum Gasteiger partial charge on any atom is -0.384 e. The summed E-state index contributed by atoms with van der Waals surface area (Å²) in [5.74, 6) is 0. The van der Waals surface area contributed by atoms with Crippen LogP contribution in [0.4, 0.5) is 0 Å². The van der Waals surface area contributed by atoms with Crippen molar-refractivity contribution in [1.29, 1.82) is 0 Å². The standard InChI is InChI=1S/C13H13ClOS/c1-8-5-10(7-11(14)6-8)13(15)12-3-4-16-9(12)2/h3-7,13,15H,1-2H3. The minimum atomic E-state index is -0.580. The third-order valence-corrected chi connectivity index (χ3v) is 3.65. The second-order valence-corrected chi connectivity index (χ2v) is 5.45. The molecule has 1 nitrogen and oxygen atoms in total. The molecule has 0 aliphatic carbocycles. The van der Waals surface area contributed by atoms with E-state index in [1.165, 1.54) is 0 Å². The Labute approximate surface area is 104 Å². The molecule has 0 aliphatic rings. The summed E-state index contributed by atoms with van der Waals surface area (Å²) < 4.78 is 0. The molecule has 1 aromatic heterocycles. The van der Waals surface area contributed by atoms with Gasteiger partial charge in [-0.1, -0.05) is 17.7 Å². The fraction of sp³-hybridized carbons (Fsp3) is 0.231. The van der Waals surface area contributed by atoms with E-state index < -0.39 is 6.10 Å². The van der Waals surface area contributed by atoms with E-state index >= 15 is 0 Å². The molecule has 0 radical (unpaired) electrons. The van der Waals surface area contributed by atoms with Crippen LogP contribution in [0.2, 0.25) is 5.02 Å². The normalized spacial score (nSPS) is 12.8. The molecule has 0 fully saturated rings. The van der Waals surface area contributed by atoms with Crippen LogP contribution in [0.3, 0.4) is 0 Å². The molecular weight excluding hydrogens is 240 g/mol. The van der Waals surface area contributed by atoms with E-state index in [1.54, 1.807) is 11.3 Å². The average Bonchev–Trinajstić information content (AvgIpc) is 2.62. The zero-order valence-electron chi connectivity index (χ0n) is 9.20. The molecule has 2 aromatic rings. The van der Waals surface area contributed by atoms with Gasteiger partial charge in [-0.3, -0.25) is 0 Å². The van der Waals surface area contributed by atoms with Gasteiger partial charge in [0.25, 0.3) is 0 Å². The van der Waals surface area contributed by atoms with Gasteiger partial charge in [0, 0.05) is 9.90 Å². The summed E-state index contributed by atoms with van der Waals surface area (Å²) in [4.78, 5) is 1.14. The first-order chi connectivity index (χ1) is 7.58. The van der Waals surface area contributed by atoms with E-state index in [1.807, 2.05) is 43.5 Å². The van der Waals surface area contributed by atoms with E-state index in [9.17, 15) is 5.11 Å². The Hall–Kier alpha value is -0.830. The van der Waals surface area contributed by atoms with Gasteiger partial charge in [-0.25, -0.2) is 0 Å². The van der Waals surface area contributed by atoms with Crippen molar-refractivity contribution in [2.24, 2.45) is 0 Å². The lowest BCUT2D eigenvalue weighted by Gasteiger charge is -2.12. The Kier molecular flexibility index (Phi) is 3.33. The highest BCUT2D eigenvalue weighted by atomic mass is 35.5. The van der Waals surface area contributed by atoms with Crippen LogP contribution in [0.1, 0.15) is 27.7 Å². The third-order valence-electron chi connectivity index (χ3n) is 2.57. The van der Waals surface area contributed by atoms with Gasteiger partial charge in [0.1, 0.15) is 6.10 Å². The van der Waals surface area contributed by atoms with Gasteiger partial charge in [0.15, 0.2) is 0 Å². The first-order valence-corrected chi connectivity index (χ1v) is 6.33. The molecule has 0 spiro atoms. The molecule has 3 heteroatoms. The van der Waals surface area contributed by atoms with Gasteiger partial charge in [0.05, 0.1) is 0 Å². The fourth-order valence-electron chi connectivity index (χ4n) is 1.78. The monoisotopic (exact) mass is 252 g/mol. The second-order valence-electron chi connectivity index (χ2n) is 3.90. The van der Waals surface area contributed by atoms with Crippen molar-refractivity contribution >= 4 is 22.9 Å². The summed E-state index contributed by atoms with van der Waals surface area (Å²) in [6.45, 7) is 3.99. The number of hydrogen-bond acceptors (Lipinski definition) is 2. The lowest BCUT2D eigenvalue weighted by atomic mass is 10.0. The maximum atomic E-state index is 10.3. The van der Waals surface area contributed by atoms with Crippen molar-refractivity contribution in [3.05, 3.63) is 56.2 Å². The second kappa shape index (κ2) is 4.58. The Morgan fingerprint density at radius 1 is 1.25 bits per heavy atom. The molecule has 84 valence electrons. The van der Waals surface area contributed by atoms with Crippen molar-refractivity contribution in [2.45, 2.75) is 20.0 Å². The summed E-state index contributed by atoms with van der Waals surface area (Å²) in [6.07, 6.45) is -0.580. The number of hydrogen-bond donors (Lipinski definition) is 1. The molecule has 2 rings (SSSR count). The van der Waals surface area contributed by atoms with Crippen LogP contribution in [-0.2, 0) is 0 Å². The molecule has 0 aliphatic heterocycles. The summed E-state index contributed by atoms with van der Waals surface area (Å²) >= 11 is 7.63. The number of rotatable bonds is 2. The zero-order chi connectivity index (χ0) is 11.7. The predicted molar refractivity (Wildman–Crippen MR) is 69.3 cm³/mol. The molecule has 1 atom stereocenters. The Morgan fingerprint density at radius 2 is 2.00 bits per heavy atom. The number of thiophene rings is 1. The quantitative estimate of drug-likeness (QED) is 0.853. The van der Waals surface area contributed by atoms with Crippen LogP contribution in [0, 0.1) is 13.8 Å².